The van der Waals surface area contributed by atoms with Gasteiger partial charge in [0.2, 0.25) is 0 Å². The number of rotatable bonds is 7. The van der Waals surface area contributed by atoms with Gasteiger partial charge in [-0.2, -0.15) is 0 Å². The average Bonchev–Trinajstić information content (AvgIpc) is 2.64. The summed E-state index contributed by atoms with van der Waals surface area (Å²) in [6.45, 7) is 8.65. The second-order valence-electron chi connectivity index (χ2n) is 6.27. The van der Waals surface area contributed by atoms with Crippen molar-refractivity contribution in [1.82, 2.24) is 14.7 Å². The lowest BCUT2D eigenvalue weighted by atomic mass is 10.2. The summed E-state index contributed by atoms with van der Waals surface area (Å²) in [4.78, 5) is 40.0. The van der Waals surface area contributed by atoms with Crippen LogP contribution in [0, 0.1) is 0 Å². The predicted octanol–water partition coefficient (Wildman–Crippen LogP) is -0.169. The molecule has 2 atom stereocenters. The molecule has 0 amide bonds. The number of aliphatic carboxylic acids is 2. The fraction of sp³-hybridized carbons (Fsp3) is 0.812. The van der Waals surface area contributed by atoms with Crippen LogP contribution in [-0.4, -0.2) is 101 Å². The fourth-order valence-electron chi connectivity index (χ4n) is 2.74. The van der Waals surface area contributed by atoms with E-state index in [-0.39, 0.29) is 5.78 Å². The van der Waals surface area contributed by atoms with E-state index >= 15 is 0 Å². The van der Waals surface area contributed by atoms with Gasteiger partial charge in [0, 0.05) is 45.7 Å². The van der Waals surface area contributed by atoms with Crippen molar-refractivity contribution in [2.75, 3.05) is 45.8 Å². The molecule has 1 saturated heterocycles. The largest absolute Gasteiger partial charge is 0.480 e. The molecule has 8 heteroatoms. The standard InChI is InChI=1S/C16H29N3O5/c1-4-14(20)11-17-5-7-18(12(2)15(21)22)9-10-19(8-6-17)13(3)16(23)24/h12-13H,4-11H2,1-3H3,(H,21,22)(H,23,24). The molecular weight excluding hydrogens is 314 g/mol. The van der Waals surface area contributed by atoms with Gasteiger partial charge in [-0.1, -0.05) is 6.92 Å². The van der Waals surface area contributed by atoms with E-state index in [1.54, 1.807) is 13.8 Å². The van der Waals surface area contributed by atoms with Crippen LogP contribution in [-0.2, 0) is 14.4 Å². The minimum atomic E-state index is -0.900. The molecule has 0 aromatic heterocycles. The van der Waals surface area contributed by atoms with Crippen molar-refractivity contribution >= 4 is 17.7 Å². The second-order valence-corrected chi connectivity index (χ2v) is 6.27. The van der Waals surface area contributed by atoms with Crippen LogP contribution in [0.2, 0.25) is 0 Å². The summed E-state index contributed by atoms with van der Waals surface area (Å²) in [5.41, 5.74) is 0. The molecule has 1 heterocycles. The van der Waals surface area contributed by atoms with Gasteiger partial charge in [0.15, 0.2) is 0 Å². The molecule has 138 valence electrons. The van der Waals surface area contributed by atoms with Crippen LogP contribution in [0.25, 0.3) is 0 Å². The molecule has 0 radical (unpaired) electrons. The third-order valence-electron chi connectivity index (χ3n) is 4.69. The molecule has 0 aromatic carbocycles. The number of Topliss-reactive ketones (excluding diaryl/α,β-unsaturated/α-hetero) is 1. The lowest BCUT2D eigenvalue weighted by Crippen LogP contribution is -2.47. The van der Waals surface area contributed by atoms with Crippen molar-refractivity contribution in [3.05, 3.63) is 0 Å². The van der Waals surface area contributed by atoms with E-state index in [4.69, 9.17) is 0 Å². The number of carboxylic acids is 2. The highest BCUT2D eigenvalue weighted by Crippen LogP contribution is 2.08. The van der Waals surface area contributed by atoms with Crippen LogP contribution in [0.1, 0.15) is 27.2 Å². The van der Waals surface area contributed by atoms with E-state index in [1.807, 2.05) is 21.6 Å². The Labute approximate surface area is 143 Å². The minimum Gasteiger partial charge on any atom is -0.480 e. The van der Waals surface area contributed by atoms with E-state index < -0.39 is 24.0 Å². The van der Waals surface area contributed by atoms with E-state index in [9.17, 15) is 24.6 Å². The molecule has 2 N–H and O–H groups in total. The van der Waals surface area contributed by atoms with Gasteiger partial charge in [0.1, 0.15) is 17.9 Å². The molecule has 1 fully saturated rings. The van der Waals surface area contributed by atoms with Gasteiger partial charge in [-0.3, -0.25) is 29.1 Å². The van der Waals surface area contributed by atoms with Gasteiger partial charge < -0.3 is 10.2 Å². The first-order valence-corrected chi connectivity index (χ1v) is 8.44. The maximum Gasteiger partial charge on any atom is 0.320 e. The van der Waals surface area contributed by atoms with Crippen LogP contribution in [0.5, 0.6) is 0 Å². The molecule has 0 aliphatic carbocycles. The Morgan fingerprint density at radius 3 is 1.54 bits per heavy atom. The van der Waals surface area contributed by atoms with Crippen LogP contribution in [0.4, 0.5) is 0 Å². The molecule has 0 saturated carbocycles. The number of nitrogens with zero attached hydrogens (tertiary/aromatic N) is 3. The lowest BCUT2D eigenvalue weighted by Gasteiger charge is -2.29. The molecule has 24 heavy (non-hydrogen) atoms. The Morgan fingerprint density at radius 1 is 0.833 bits per heavy atom. The maximum atomic E-state index is 11.8. The smallest absolute Gasteiger partial charge is 0.320 e. The highest BCUT2D eigenvalue weighted by molar-refractivity contribution is 5.80. The highest BCUT2D eigenvalue weighted by atomic mass is 16.4. The van der Waals surface area contributed by atoms with Crippen molar-refractivity contribution in [2.24, 2.45) is 0 Å². The third kappa shape index (κ3) is 6.18. The van der Waals surface area contributed by atoms with Crippen LogP contribution < -0.4 is 0 Å². The lowest BCUT2D eigenvalue weighted by molar-refractivity contribution is -0.144. The summed E-state index contributed by atoms with van der Waals surface area (Å²) >= 11 is 0. The number of hydrogen-bond acceptors (Lipinski definition) is 6. The summed E-state index contributed by atoms with van der Waals surface area (Å²) in [7, 11) is 0. The summed E-state index contributed by atoms with van der Waals surface area (Å²) in [6.07, 6.45) is 0.459. The van der Waals surface area contributed by atoms with Gasteiger partial charge in [0.25, 0.3) is 0 Å². The first-order valence-electron chi connectivity index (χ1n) is 8.44. The molecule has 0 spiro atoms. The summed E-state index contributed by atoms with van der Waals surface area (Å²) < 4.78 is 0. The Balaban J connectivity index is 2.88. The molecule has 1 rings (SSSR count). The van der Waals surface area contributed by atoms with E-state index in [2.05, 4.69) is 0 Å². The summed E-state index contributed by atoms with van der Waals surface area (Å²) in [5, 5.41) is 18.5. The van der Waals surface area contributed by atoms with Crippen LogP contribution in [0.3, 0.4) is 0 Å². The van der Waals surface area contributed by atoms with Gasteiger partial charge >= 0.3 is 11.9 Å². The van der Waals surface area contributed by atoms with Gasteiger partial charge in [-0.25, -0.2) is 0 Å². The SMILES string of the molecule is CCC(=O)CN1CCN(C(C)C(=O)O)CCN(C(C)C(=O)O)CC1. The van der Waals surface area contributed by atoms with E-state index in [0.717, 1.165) is 0 Å². The number of ketones is 1. The third-order valence-corrected chi connectivity index (χ3v) is 4.69. The fourth-order valence-corrected chi connectivity index (χ4v) is 2.74. The van der Waals surface area contributed by atoms with Crippen molar-refractivity contribution in [1.29, 1.82) is 0 Å². The van der Waals surface area contributed by atoms with Gasteiger partial charge in [-0.05, 0) is 13.8 Å². The van der Waals surface area contributed by atoms with E-state index in [0.29, 0.717) is 52.2 Å². The zero-order valence-corrected chi connectivity index (χ0v) is 14.8. The zero-order chi connectivity index (χ0) is 18.3. The number of carbonyl (C=O) groups excluding carboxylic acids is 1. The van der Waals surface area contributed by atoms with Crippen molar-refractivity contribution in [3.8, 4) is 0 Å². The maximum absolute atomic E-state index is 11.8. The topological polar surface area (TPSA) is 101 Å². The van der Waals surface area contributed by atoms with Gasteiger partial charge in [-0.15, -0.1) is 0 Å². The van der Waals surface area contributed by atoms with E-state index in [1.165, 1.54) is 0 Å². The number of hydrogen-bond donors (Lipinski definition) is 2. The Hall–Kier alpha value is -1.51. The zero-order valence-electron chi connectivity index (χ0n) is 14.8. The Kier molecular flexibility index (Phi) is 8.30. The normalized spacial score (nSPS) is 21.3. The molecular formula is C16H29N3O5. The number of carbonyl (C=O) groups is 3. The Morgan fingerprint density at radius 2 is 1.21 bits per heavy atom. The summed E-state index contributed by atoms with van der Waals surface area (Å²) in [5.74, 6) is -1.67. The Bertz CT molecular complexity index is 425. The average molecular weight is 343 g/mol. The summed E-state index contributed by atoms with van der Waals surface area (Å²) in [6, 6.07) is -1.29. The predicted molar refractivity (Wildman–Crippen MR) is 89.1 cm³/mol. The van der Waals surface area contributed by atoms with Gasteiger partial charge in [0.05, 0.1) is 6.54 Å². The first-order chi connectivity index (χ1) is 11.3. The first kappa shape index (κ1) is 20.5. The quantitative estimate of drug-likeness (QED) is 0.657. The second kappa shape index (κ2) is 9.71. The molecule has 0 bridgehead atoms. The monoisotopic (exact) mass is 343 g/mol. The van der Waals surface area contributed by atoms with Crippen LogP contribution >= 0.6 is 0 Å². The molecule has 8 nitrogen and oxygen atoms in total. The number of carboxylic acid groups (broad SMARTS) is 2. The minimum absolute atomic E-state index is 0.130. The molecule has 2 unspecified atom stereocenters. The van der Waals surface area contributed by atoms with Crippen molar-refractivity contribution < 1.29 is 24.6 Å². The highest BCUT2D eigenvalue weighted by Gasteiger charge is 2.27. The van der Waals surface area contributed by atoms with Crippen LogP contribution in [0.15, 0.2) is 0 Å². The molecule has 1 aliphatic rings. The van der Waals surface area contributed by atoms with Crippen molar-refractivity contribution in [2.45, 2.75) is 39.3 Å². The van der Waals surface area contributed by atoms with Crippen molar-refractivity contribution in [3.63, 3.8) is 0 Å². The molecule has 0 aromatic rings. The molecule has 1 aliphatic heterocycles.